The molecule has 0 aromatic heterocycles. The summed E-state index contributed by atoms with van der Waals surface area (Å²) >= 11 is 1.53. The van der Waals surface area contributed by atoms with E-state index in [2.05, 4.69) is 15.6 Å². The number of hydrogen-bond donors (Lipinski definition) is 2. The molecule has 6 heteroatoms. The van der Waals surface area contributed by atoms with Crippen molar-refractivity contribution in [3.8, 4) is 0 Å². The second-order valence-electron chi connectivity index (χ2n) is 6.67. The molecule has 5 nitrogen and oxygen atoms in total. The van der Waals surface area contributed by atoms with Gasteiger partial charge in [-0.3, -0.25) is 14.6 Å². The molecule has 2 amide bonds. The quantitative estimate of drug-likeness (QED) is 0.851. The standard InChI is InChI=1S/C20H23N3O2S/c1-13(2)18(19(25)23-20-21-9-10-26-20)22-17(24)12-14-7-8-15-5-3-4-6-16(15)11-14/h3-8,11,13,18H,9-10,12H2,1-2H3,(H,22,24)(H,21,23,25)/t18-/m1/s1. The van der Waals surface area contributed by atoms with Gasteiger partial charge in [0.25, 0.3) is 0 Å². The summed E-state index contributed by atoms with van der Waals surface area (Å²) in [4.78, 5) is 29.2. The molecular weight excluding hydrogens is 346 g/mol. The molecule has 0 unspecified atom stereocenters. The van der Waals surface area contributed by atoms with Gasteiger partial charge >= 0.3 is 0 Å². The summed E-state index contributed by atoms with van der Waals surface area (Å²) in [7, 11) is 0. The van der Waals surface area contributed by atoms with Crippen molar-refractivity contribution in [1.82, 2.24) is 10.6 Å². The summed E-state index contributed by atoms with van der Waals surface area (Å²) < 4.78 is 0. The third-order valence-corrected chi connectivity index (χ3v) is 5.15. The average molecular weight is 369 g/mol. The van der Waals surface area contributed by atoms with Crippen LogP contribution in [0.25, 0.3) is 10.8 Å². The van der Waals surface area contributed by atoms with E-state index in [-0.39, 0.29) is 24.2 Å². The molecule has 1 atom stereocenters. The molecule has 0 bridgehead atoms. The Balaban J connectivity index is 1.64. The largest absolute Gasteiger partial charge is 0.344 e. The molecule has 136 valence electrons. The van der Waals surface area contributed by atoms with Gasteiger partial charge in [-0.05, 0) is 22.3 Å². The van der Waals surface area contributed by atoms with Crippen molar-refractivity contribution in [3.05, 3.63) is 48.0 Å². The molecule has 1 heterocycles. The van der Waals surface area contributed by atoms with Gasteiger partial charge < -0.3 is 10.6 Å². The molecule has 0 radical (unpaired) electrons. The molecule has 1 aliphatic heterocycles. The maximum Gasteiger partial charge on any atom is 0.248 e. The first-order chi connectivity index (χ1) is 12.5. The number of carbonyl (C=O) groups excluding carboxylic acids is 2. The van der Waals surface area contributed by atoms with Crippen molar-refractivity contribution < 1.29 is 9.59 Å². The van der Waals surface area contributed by atoms with Crippen LogP contribution in [-0.4, -0.2) is 35.3 Å². The van der Waals surface area contributed by atoms with E-state index in [0.29, 0.717) is 5.17 Å². The van der Waals surface area contributed by atoms with Crippen LogP contribution in [0.3, 0.4) is 0 Å². The van der Waals surface area contributed by atoms with Crippen molar-refractivity contribution in [1.29, 1.82) is 0 Å². The predicted molar refractivity (Wildman–Crippen MR) is 107 cm³/mol. The van der Waals surface area contributed by atoms with Gasteiger partial charge in [-0.1, -0.05) is 68.1 Å². The van der Waals surface area contributed by atoms with Crippen LogP contribution in [0.1, 0.15) is 19.4 Å². The van der Waals surface area contributed by atoms with E-state index in [0.717, 1.165) is 28.6 Å². The number of fused-ring (bicyclic) bond motifs is 1. The van der Waals surface area contributed by atoms with Crippen LogP contribution in [0.5, 0.6) is 0 Å². The highest BCUT2D eigenvalue weighted by Gasteiger charge is 2.25. The third kappa shape index (κ3) is 4.64. The zero-order valence-electron chi connectivity index (χ0n) is 15.0. The second-order valence-corrected chi connectivity index (χ2v) is 7.76. The number of amidine groups is 1. The fourth-order valence-electron chi connectivity index (χ4n) is 2.89. The molecular formula is C20H23N3O2S. The van der Waals surface area contributed by atoms with Gasteiger partial charge in [-0.15, -0.1) is 0 Å². The van der Waals surface area contributed by atoms with Crippen LogP contribution in [0.2, 0.25) is 0 Å². The van der Waals surface area contributed by atoms with Gasteiger partial charge in [-0.25, -0.2) is 0 Å². The lowest BCUT2D eigenvalue weighted by Crippen LogP contribution is -2.50. The molecule has 0 fully saturated rings. The number of amides is 2. The number of thioether (sulfide) groups is 1. The van der Waals surface area contributed by atoms with E-state index in [1.807, 2.05) is 56.3 Å². The smallest absolute Gasteiger partial charge is 0.248 e. The molecule has 0 spiro atoms. The second kappa shape index (κ2) is 8.36. The summed E-state index contributed by atoms with van der Waals surface area (Å²) in [6.45, 7) is 4.56. The van der Waals surface area contributed by atoms with E-state index in [1.165, 1.54) is 11.8 Å². The topological polar surface area (TPSA) is 70.6 Å². The normalized spacial score (nSPS) is 15.0. The number of rotatable bonds is 5. The SMILES string of the molecule is CC(C)[C@@H](NC(=O)Cc1ccc2ccccc2c1)C(=O)NC1=NCCS1. The van der Waals surface area contributed by atoms with Crippen molar-refractivity contribution in [3.63, 3.8) is 0 Å². The van der Waals surface area contributed by atoms with Crippen LogP contribution in [-0.2, 0) is 16.0 Å². The minimum atomic E-state index is -0.577. The molecule has 3 rings (SSSR count). The summed E-state index contributed by atoms with van der Waals surface area (Å²) in [5.41, 5.74) is 0.930. The van der Waals surface area contributed by atoms with E-state index in [1.54, 1.807) is 0 Å². The van der Waals surface area contributed by atoms with Gasteiger partial charge in [-0.2, -0.15) is 0 Å². The van der Waals surface area contributed by atoms with Gasteiger partial charge in [0, 0.05) is 5.75 Å². The number of nitrogens with one attached hydrogen (secondary N) is 2. The zero-order valence-corrected chi connectivity index (χ0v) is 15.8. The van der Waals surface area contributed by atoms with E-state index in [9.17, 15) is 9.59 Å². The van der Waals surface area contributed by atoms with Gasteiger partial charge in [0.05, 0.1) is 13.0 Å². The molecule has 26 heavy (non-hydrogen) atoms. The number of hydrogen-bond acceptors (Lipinski definition) is 4. The maximum atomic E-state index is 12.5. The Bertz CT molecular complexity index is 848. The number of nitrogens with zero attached hydrogens (tertiary/aromatic N) is 1. The summed E-state index contributed by atoms with van der Waals surface area (Å²) in [5.74, 6) is 0.508. The molecule has 0 aliphatic carbocycles. The fraction of sp³-hybridized carbons (Fsp3) is 0.350. The zero-order chi connectivity index (χ0) is 18.5. The molecule has 2 N–H and O–H groups in total. The Labute approximate surface area is 157 Å². The summed E-state index contributed by atoms with van der Waals surface area (Å²) in [6.07, 6.45) is 0.247. The van der Waals surface area contributed by atoms with Gasteiger partial charge in [0.15, 0.2) is 5.17 Å². The van der Waals surface area contributed by atoms with Crippen LogP contribution in [0.15, 0.2) is 47.5 Å². The highest BCUT2D eigenvalue weighted by Crippen LogP contribution is 2.16. The van der Waals surface area contributed by atoms with Crippen molar-refractivity contribution >= 4 is 39.5 Å². The van der Waals surface area contributed by atoms with Crippen LogP contribution >= 0.6 is 11.8 Å². The molecule has 1 aliphatic rings. The first-order valence-corrected chi connectivity index (χ1v) is 9.76. The monoisotopic (exact) mass is 369 g/mol. The lowest BCUT2D eigenvalue weighted by atomic mass is 10.0. The molecule has 2 aromatic rings. The van der Waals surface area contributed by atoms with Crippen molar-refractivity contribution in [2.24, 2.45) is 10.9 Å². The lowest BCUT2D eigenvalue weighted by Gasteiger charge is -2.21. The Morgan fingerprint density at radius 2 is 1.92 bits per heavy atom. The predicted octanol–water partition coefficient (Wildman–Crippen LogP) is 2.74. The first-order valence-electron chi connectivity index (χ1n) is 8.78. The summed E-state index contributed by atoms with van der Waals surface area (Å²) in [6, 6.07) is 13.5. The first kappa shape index (κ1) is 18.5. The fourth-order valence-corrected chi connectivity index (χ4v) is 3.62. The van der Waals surface area contributed by atoms with Crippen molar-refractivity contribution in [2.75, 3.05) is 12.3 Å². The van der Waals surface area contributed by atoms with Crippen LogP contribution in [0, 0.1) is 5.92 Å². The van der Waals surface area contributed by atoms with E-state index >= 15 is 0 Å². The Kier molecular flexibility index (Phi) is 5.93. The highest BCUT2D eigenvalue weighted by atomic mass is 32.2. The van der Waals surface area contributed by atoms with E-state index < -0.39 is 6.04 Å². The molecule has 2 aromatic carbocycles. The Morgan fingerprint density at radius 3 is 2.62 bits per heavy atom. The van der Waals surface area contributed by atoms with Crippen molar-refractivity contribution in [2.45, 2.75) is 26.3 Å². The number of benzene rings is 2. The van der Waals surface area contributed by atoms with Gasteiger partial charge in [0.1, 0.15) is 6.04 Å². The molecule has 0 saturated carbocycles. The Hall–Kier alpha value is -2.34. The molecule has 0 saturated heterocycles. The highest BCUT2D eigenvalue weighted by molar-refractivity contribution is 8.14. The average Bonchev–Trinajstić information content (AvgIpc) is 3.12. The van der Waals surface area contributed by atoms with Crippen LogP contribution < -0.4 is 10.6 Å². The minimum absolute atomic E-state index is 0.0115. The summed E-state index contributed by atoms with van der Waals surface area (Å²) in [5, 5.41) is 8.58. The Morgan fingerprint density at radius 1 is 1.15 bits per heavy atom. The minimum Gasteiger partial charge on any atom is -0.344 e. The number of aliphatic imine (C=N–C) groups is 1. The maximum absolute atomic E-state index is 12.5. The lowest BCUT2D eigenvalue weighted by molar-refractivity contribution is -0.128. The third-order valence-electron chi connectivity index (χ3n) is 4.26. The van der Waals surface area contributed by atoms with E-state index in [4.69, 9.17) is 0 Å². The van der Waals surface area contributed by atoms with Gasteiger partial charge in [0.2, 0.25) is 11.8 Å². The number of carbonyl (C=O) groups is 2. The van der Waals surface area contributed by atoms with Crippen LogP contribution in [0.4, 0.5) is 0 Å².